The van der Waals surface area contributed by atoms with Crippen LogP contribution in [0.15, 0.2) is 182 Å². The molecule has 0 amide bonds. The van der Waals surface area contributed by atoms with Crippen LogP contribution in [0.5, 0.6) is 0 Å². The molecule has 5 aromatic heterocycles. The van der Waals surface area contributed by atoms with Gasteiger partial charge in [-0.05, 0) is 41.1 Å². The minimum atomic E-state index is 0.607. The van der Waals surface area contributed by atoms with E-state index in [1.165, 1.54) is 30.9 Å². The highest BCUT2D eigenvalue weighted by Gasteiger charge is 2.24. The zero-order valence-electron chi connectivity index (χ0n) is 30.9. The van der Waals surface area contributed by atoms with Gasteiger partial charge in [0.2, 0.25) is 5.95 Å². The van der Waals surface area contributed by atoms with Crippen molar-refractivity contribution < 1.29 is 0 Å². The molecule has 0 aliphatic rings. The van der Waals surface area contributed by atoms with Gasteiger partial charge in [-0.15, -0.1) is 11.3 Å². The highest BCUT2D eigenvalue weighted by Crippen LogP contribution is 2.47. The molecule has 7 heteroatoms. The molecule has 0 fully saturated rings. The average molecular weight is 759 g/mol. The molecule has 6 nitrogen and oxygen atoms in total. The summed E-state index contributed by atoms with van der Waals surface area (Å²) in [4.78, 5) is 25.8. The summed E-state index contributed by atoms with van der Waals surface area (Å²) in [5, 5.41) is 6.99. The van der Waals surface area contributed by atoms with Crippen LogP contribution in [0.3, 0.4) is 0 Å². The largest absolute Gasteiger partial charge is 0.275 e. The molecule has 58 heavy (non-hydrogen) atoms. The summed E-state index contributed by atoms with van der Waals surface area (Å²) >= 11 is 1.82. The molecule has 12 aromatic rings. The van der Waals surface area contributed by atoms with Crippen molar-refractivity contribution in [2.45, 2.75) is 0 Å². The standard InChI is InChI=1S/C51H30N6S/c1-3-14-31(15-4-1)40-30-41(54-50(53-40)34-16-5-2-6-17-34)32-25-27-33(28-26-32)46-37-20-9-11-22-39(37)55-51(56-46)57-42-23-13-29-52-47(42)45-36-19-8-7-18-35(36)44-38-21-10-12-24-43(38)58-49(44)48(45)57/h1-30H. The second-order valence-corrected chi connectivity index (χ2v) is 15.5. The SMILES string of the molecule is c1ccc(-c2cc(-c3ccc(-c4nc(-n5c6cccnc6c6c7ccccc7c7c8ccccc8sc7c65)nc5ccccc45)cc3)nc(-c3ccccc3)n2)cc1. The van der Waals surface area contributed by atoms with Crippen molar-refractivity contribution in [3.8, 4) is 51.1 Å². The lowest BCUT2D eigenvalue weighted by Gasteiger charge is -2.13. The summed E-state index contributed by atoms with van der Waals surface area (Å²) < 4.78 is 4.68. The van der Waals surface area contributed by atoms with E-state index >= 15 is 0 Å². The van der Waals surface area contributed by atoms with Crippen molar-refractivity contribution in [3.05, 3.63) is 182 Å². The van der Waals surface area contributed by atoms with Crippen LogP contribution in [-0.4, -0.2) is 29.5 Å². The van der Waals surface area contributed by atoms with Gasteiger partial charge in [0.05, 0.1) is 43.8 Å². The number of hydrogen-bond acceptors (Lipinski definition) is 6. The fraction of sp³-hybridized carbons (Fsp3) is 0. The second kappa shape index (κ2) is 13.0. The van der Waals surface area contributed by atoms with Gasteiger partial charge < -0.3 is 0 Å². The third-order valence-corrected chi connectivity index (χ3v) is 12.3. The van der Waals surface area contributed by atoms with E-state index in [0.29, 0.717) is 11.8 Å². The van der Waals surface area contributed by atoms with Crippen LogP contribution >= 0.6 is 11.3 Å². The molecular weight excluding hydrogens is 729 g/mol. The zero-order valence-corrected chi connectivity index (χ0v) is 31.7. The Kier molecular flexibility index (Phi) is 7.30. The third kappa shape index (κ3) is 5.07. The molecule has 0 aliphatic heterocycles. The summed E-state index contributed by atoms with van der Waals surface area (Å²) in [6.45, 7) is 0. The summed E-state index contributed by atoms with van der Waals surface area (Å²) in [5.41, 5.74) is 10.4. The van der Waals surface area contributed by atoms with E-state index in [0.717, 1.165) is 72.2 Å². The minimum absolute atomic E-state index is 0.607. The maximum absolute atomic E-state index is 5.47. The van der Waals surface area contributed by atoms with Crippen molar-refractivity contribution in [2.24, 2.45) is 0 Å². The first-order valence-electron chi connectivity index (χ1n) is 19.3. The van der Waals surface area contributed by atoms with Crippen LogP contribution in [0, 0.1) is 0 Å². The predicted molar refractivity (Wildman–Crippen MR) is 239 cm³/mol. The third-order valence-electron chi connectivity index (χ3n) is 11.1. The topological polar surface area (TPSA) is 69.4 Å². The lowest BCUT2D eigenvalue weighted by molar-refractivity contribution is 1.02. The van der Waals surface area contributed by atoms with E-state index in [1.54, 1.807) is 0 Å². The maximum atomic E-state index is 5.47. The van der Waals surface area contributed by atoms with Gasteiger partial charge in [-0.25, -0.2) is 19.9 Å². The molecule has 0 saturated carbocycles. The average Bonchev–Trinajstić information content (AvgIpc) is 3.86. The van der Waals surface area contributed by atoms with Crippen molar-refractivity contribution >= 4 is 75.1 Å². The van der Waals surface area contributed by atoms with Gasteiger partial charge in [0.1, 0.15) is 0 Å². The van der Waals surface area contributed by atoms with E-state index in [9.17, 15) is 0 Å². The van der Waals surface area contributed by atoms with Crippen molar-refractivity contribution in [3.63, 3.8) is 0 Å². The van der Waals surface area contributed by atoms with Crippen molar-refractivity contribution in [1.29, 1.82) is 0 Å². The molecule has 0 atom stereocenters. The van der Waals surface area contributed by atoms with Crippen LogP contribution < -0.4 is 0 Å². The summed E-state index contributed by atoms with van der Waals surface area (Å²) in [6.07, 6.45) is 1.88. The number of fused-ring (bicyclic) bond motifs is 11. The Morgan fingerprint density at radius 3 is 1.81 bits per heavy atom. The molecule has 270 valence electrons. The van der Waals surface area contributed by atoms with E-state index in [2.05, 4.69) is 132 Å². The van der Waals surface area contributed by atoms with Crippen LogP contribution in [0.2, 0.25) is 0 Å². The van der Waals surface area contributed by atoms with E-state index in [4.69, 9.17) is 24.9 Å². The molecule has 12 rings (SSSR count). The monoisotopic (exact) mass is 758 g/mol. The number of pyridine rings is 1. The quantitative estimate of drug-likeness (QED) is 0.175. The number of para-hydroxylation sites is 1. The molecule has 0 aliphatic carbocycles. The van der Waals surface area contributed by atoms with Crippen LogP contribution in [0.1, 0.15) is 0 Å². The first kappa shape index (κ1) is 32.6. The van der Waals surface area contributed by atoms with E-state index < -0.39 is 0 Å². The molecule has 0 unspecified atom stereocenters. The van der Waals surface area contributed by atoms with Crippen LogP contribution in [0.25, 0.3) is 115 Å². The van der Waals surface area contributed by atoms with E-state index in [1.807, 2.05) is 66.1 Å². The van der Waals surface area contributed by atoms with Crippen LogP contribution in [0.4, 0.5) is 0 Å². The van der Waals surface area contributed by atoms with Gasteiger partial charge in [0.15, 0.2) is 5.82 Å². The number of aromatic nitrogens is 6. The fourth-order valence-electron chi connectivity index (χ4n) is 8.44. The fourth-order valence-corrected chi connectivity index (χ4v) is 9.70. The number of rotatable bonds is 5. The van der Waals surface area contributed by atoms with Gasteiger partial charge in [-0.1, -0.05) is 146 Å². The van der Waals surface area contributed by atoms with Crippen molar-refractivity contribution in [2.75, 3.05) is 0 Å². The number of benzene rings is 7. The highest BCUT2D eigenvalue weighted by molar-refractivity contribution is 7.27. The van der Waals surface area contributed by atoms with Crippen molar-refractivity contribution in [1.82, 2.24) is 29.5 Å². The maximum Gasteiger partial charge on any atom is 0.235 e. The Morgan fingerprint density at radius 1 is 0.448 bits per heavy atom. The summed E-state index contributed by atoms with van der Waals surface area (Å²) in [7, 11) is 0. The zero-order chi connectivity index (χ0) is 38.2. The van der Waals surface area contributed by atoms with Gasteiger partial charge in [0.25, 0.3) is 0 Å². The molecule has 0 spiro atoms. The van der Waals surface area contributed by atoms with Crippen LogP contribution in [-0.2, 0) is 0 Å². The molecule has 5 heterocycles. The van der Waals surface area contributed by atoms with Gasteiger partial charge in [-0.3, -0.25) is 9.55 Å². The molecule has 7 aromatic carbocycles. The molecule has 0 saturated heterocycles. The number of thiophene rings is 1. The molecular formula is C51H30N6S. The highest BCUT2D eigenvalue weighted by atomic mass is 32.1. The van der Waals surface area contributed by atoms with Gasteiger partial charge >= 0.3 is 0 Å². The first-order valence-corrected chi connectivity index (χ1v) is 20.1. The Hall–Kier alpha value is -7.61. The number of nitrogens with zero attached hydrogens (tertiary/aromatic N) is 6. The summed E-state index contributed by atoms with van der Waals surface area (Å²) in [5.74, 6) is 1.30. The Bertz CT molecular complexity index is 3500. The first-order chi connectivity index (χ1) is 28.8. The second-order valence-electron chi connectivity index (χ2n) is 14.4. The molecule has 0 N–H and O–H groups in total. The van der Waals surface area contributed by atoms with Gasteiger partial charge in [0, 0.05) is 54.7 Å². The Balaban J connectivity index is 1.08. The number of hydrogen-bond donors (Lipinski definition) is 0. The Morgan fingerprint density at radius 2 is 1.05 bits per heavy atom. The summed E-state index contributed by atoms with van der Waals surface area (Å²) in [6, 6.07) is 60.9. The van der Waals surface area contributed by atoms with Gasteiger partial charge in [-0.2, -0.15) is 0 Å². The Labute approximate surface area is 336 Å². The molecule has 0 bridgehead atoms. The normalized spacial score (nSPS) is 11.8. The smallest absolute Gasteiger partial charge is 0.235 e. The predicted octanol–water partition coefficient (Wildman–Crippen LogP) is 13.1. The minimum Gasteiger partial charge on any atom is -0.275 e. The molecule has 0 radical (unpaired) electrons. The van der Waals surface area contributed by atoms with E-state index in [-0.39, 0.29) is 0 Å². The lowest BCUT2D eigenvalue weighted by Crippen LogP contribution is -2.03. The lowest BCUT2D eigenvalue weighted by atomic mass is 10.00.